The van der Waals surface area contributed by atoms with Crippen molar-refractivity contribution in [2.75, 3.05) is 20.2 Å². The average molecular weight is 341 g/mol. The molecule has 112 valence electrons. The number of hydrogen-bond acceptors (Lipinski definition) is 3. The van der Waals surface area contributed by atoms with E-state index in [1.807, 2.05) is 6.07 Å². The van der Waals surface area contributed by atoms with Gasteiger partial charge in [0.15, 0.2) is 0 Å². The van der Waals surface area contributed by atoms with E-state index in [0.29, 0.717) is 18.6 Å². The molecule has 0 aromatic heterocycles. The zero-order chi connectivity index (χ0) is 14.7. The number of rotatable bonds is 4. The van der Waals surface area contributed by atoms with Crippen molar-refractivity contribution in [2.45, 2.75) is 38.8 Å². The topological polar surface area (TPSA) is 38.5 Å². The molecular weight excluding hydrogens is 316 g/mol. The van der Waals surface area contributed by atoms with Crippen molar-refractivity contribution in [1.82, 2.24) is 4.90 Å². The van der Waals surface area contributed by atoms with Crippen LogP contribution in [0.3, 0.4) is 0 Å². The van der Waals surface area contributed by atoms with E-state index >= 15 is 0 Å². The highest BCUT2D eigenvalue weighted by molar-refractivity contribution is 9.10. The lowest BCUT2D eigenvalue weighted by atomic mass is 9.90. The summed E-state index contributed by atoms with van der Waals surface area (Å²) in [5, 5.41) is 0. The Morgan fingerprint density at radius 3 is 2.75 bits per heavy atom. The van der Waals surface area contributed by atoms with Crippen molar-refractivity contribution in [3.8, 4) is 5.75 Å². The van der Waals surface area contributed by atoms with Crippen LogP contribution in [0, 0.1) is 5.92 Å². The summed E-state index contributed by atoms with van der Waals surface area (Å²) in [6.07, 6.45) is 2.52. The summed E-state index contributed by atoms with van der Waals surface area (Å²) in [6, 6.07) is 7.17. The van der Waals surface area contributed by atoms with Crippen LogP contribution >= 0.6 is 15.9 Å². The van der Waals surface area contributed by atoms with Gasteiger partial charge in [-0.1, -0.05) is 13.0 Å². The van der Waals surface area contributed by atoms with Crippen LogP contribution < -0.4 is 10.5 Å². The van der Waals surface area contributed by atoms with Crippen molar-refractivity contribution < 1.29 is 4.74 Å². The smallest absolute Gasteiger partial charge is 0.133 e. The zero-order valence-corrected chi connectivity index (χ0v) is 14.2. The molecule has 1 aliphatic rings. The van der Waals surface area contributed by atoms with E-state index in [9.17, 15) is 0 Å². The van der Waals surface area contributed by atoms with Crippen LogP contribution in [0.4, 0.5) is 0 Å². The molecule has 20 heavy (non-hydrogen) atoms. The summed E-state index contributed by atoms with van der Waals surface area (Å²) >= 11 is 3.57. The lowest BCUT2D eigenvalue weighted by Gasteiger charge is -2.41. The van der Waals surface area contributed by atoms with E-state index in [4.69, 9.17) is 10.5 Å². The molecule has 1 fully saturated rings. The standard InChI is InChI=1S/C16H25BrN2O/c1-11-6-7-19(12(2)8-11)15(10-18)13-4-5-16(20-3)14(17)9-13/h4-5,9,11-12,15H,6-8,10,18H2,1-3H3. The predicted octanol–water partition coefficient (Wildman–Crippen LogP) is 3.58. The van der Waals surface area contributed by atoms with Crippen molar-refractivity contribution in [3.63, 3.8) is 0 Å². The molecule has 0 bridgehead atoms. The van der Waals surface area contributed by atoms with E-state index < -0.39 is 0 Å². The van der Waals surface area contributed by atoms with Gasteiger partial charge in [0.2, 0.25) is 0 Å². The monoisotopic (exact) mass is 340 g/mol. The third-order valence-electron chi connectivity index (χ3n) is 4.37. The minimum atomic E-state index is 0.291. The molecule has 2 rings (SSSR count). The fraction of sp³-hybridized carbons (Fsp3) is 0.625. The average Bonchev–Trinajstić information content (AvgIpc) is 2.42. The minimum absolute atomic E-state index is 0.291. The number of halogens is 1. The van der Waals surface area contributed by atoms with Gasteiger partial charge >= 0.3 is 0 Å². The van der Waals surface area contributed by atoms with Gasteiger partial charge in [-0.2, -0.15) is 0 Å². The Labute approximate surface area is 130 Å². The molecule has 3 unspecified atom stereocenters. The second-order valence-electron chi connectivity index (χ2n) is 5.86. The van der Waals surface area contributed by atoms with Gasteiger partial charge in [0.05, 0.1) is 11.6 Å². The highest BCUT2D eigenvalue weighted by atomic mass is 79.9. The van der Waals surface area contributed by atoms with Gasteiger partial charge in [-0.15, -0.1) is 0 Å². The maximum atomic E-state index is 6.06. The summed E-state index contributed by atoms with van der Waals surface area (Å²) in [7, 11) is 1.69. The van der Waals surface area contributed by atoms with E-state index in [0.717, 1.165) is 22.7 Å². The maximum Gasteiger partial charge on any atom is 0.133 e. The maximum absolute atomic E-state index is 6.06. The van der Waals surface area contributed by atoms with Crippen LogP contribution in [0.25, 0.3) is 0 Å². The van der Waals surface area contributed by atoms with E-state index in [-0.39, 0.29) is 0 Å². The number of hydrogen-bond donors (Lipinski definition) is 1. The van der Waals surface area contributed by atoms with Crippen LogP contribution in [-0.2, 0) is 0 Å². The molecular formula is C16H25BrN2O. The van der Waals surface area contributed by atoms with Crippen molar-refractivity contribution in [3.05, 3.63) is 28.2 Å². The van der Waals surface area contributed by atoms with Gasteiger partial charge in [-0.25, -0.2) is 0 Å². The molecule has 3 nitrogen and oxygen atoms in total. The number of methoxy groups -OCH3 is 1. The van der Waals surface area contributed by atoms with Crippen molar-refractivity contribution in [1.29, 1.82) is 0 Å². The zero-order valence-electron chi connectivity index (χ0n) is 12.6. The summed E-state index contributed by atoms with van der Waals surface area (Å²) < 4.78 is 6.30. The first kappa shape index (κ1) is 15.8. The lowest BCUT2D eigenvalue weighted by Crippen LogP contribution is -2.44. The molecule has 1 saturated heterocycles. The molecule has 0 amide bonds. The summed E-state index contributed by atoms with van der Waals surface area (Å²) in [5.41, 5.74) is 7.33. The third kappa shape index (κ3) is 3.35. The van der Waals surface area contributed by atoms with Crippen LogP contribution in [0.5, 0.6) is 5.75 Å². The Kier molecular flexibility index (Phi) is 5.47. The number of likely N-dealkylation sites (tertiary alicyclic amines) is 1. The normalized spacial score (nSPS) is 25.4. The molecule has 0 saturated carbocycles. The van der Waals surface area contributed by atoms with Gasteiger partial charge < -0.3 is 10.5 Å². The highest BCUT2D eigenvalue weighted by Gasteiger charge is 2.29. The van der Waals surface area contributed by atoms with E-state index in [1.165, 1.54) is 18.4 Å². The van der Waals surface area contributed by atoms with Gasteiger partial charge in [-0.05, 0) is 65.9 Å². The Morgan fingerprint density at radius 1 is 1.45 bits per heavy atom. The number of nitrogens with two attached hydrogens (primary N) is 1. The molecule has 0 radical (unpaired) electrons. The molecule has 0 spiro atoms. The third-order valence-corrected chi connectivity index (χ3v) is 4.99. The summed E-state index contributed by atoms with van der Waals surface area (Å²) in [5.74, 6) is 1.69. The Morgan fingerprint density at radius 2 is 2.20 bits per heavy atom. The first-order chi connectivity index (χ1) is 9.56. The van der Waals surface area contributed by atoms with Crippen molar-refractivity contribution >= 4 is 15.9 Å². The largest absolute Gasteiger partial charge is 0.496 e. The summed E-state index contributed by atoms with van der Waals surface area (Å²) in [6.45, 7) is 6.44. The minimum Gasteiger partial charge on any atom is -0.496 e. The van der Waals surface area contributed by atoms with Gasteiger partial charge in [0.1, 0.15) is 5.75 Å². The number of nitrogens with zero attached hydrogens (tertiary/aromatic N) is 1. The van der Waals surface area contributed by atoms with E-state index in [1.54, 1.807) is 7.11 Å². The Hall–Kier alpha value is -0.580. The van der Waals surface area contributed by atoms with Gasteiger partial charge in [0, 0.05) is 18.6 Å². The molecule has 1 aliphatic heterocycles. The number of piperidine rings is 1. The highest BCUT2D eigenvalue weighted by Crippen LogP contribution is 2.33. The van der Waals surface area contributed by atoms with Crippen LogP contribution in [0.2, 0.25) is 0 Å². The van der Waals surface area contributed by atoms with Crippen LogP contribution in [0.1, 0.15) is 38.3 Å². The van der Waals surface area contributed by atoms with Crippen LogP contribution in [0.15, 0.2) is 22.7 Å². The van der Waals surface area contributed by atoms with Gasteiger partial charge in [-0.3, -0.25) is 4.90 Å². The fourth-order valence-corrected chi connectivity index (χ4v) is 3.80. The van der Waals surface area contributed by atoms with Crippen molar-refractivity contribution in [2.24, 2.45) is 11.7 Å². The SMILES string of the molecule is COc1ccc(C(CN)N2CCC(C)CC2C)cc1Br. The Bertz CT molecular complexity index is 452. The molecule has 1 aromatic carbocycles. The molecule has 3 atom stereocenters. The van der Waals surface area contributed by atoms with Gasteiger partial charge in [0.25, 0.3) is 0 Å². The number of ether oxygens (including phenoxy) is 1. The second kappa shape index (κ2) is 6.92. The summed E-state index contributed by atoms with van der Waals surface area (Å²) in [4.78, 5) is 2.55. The van der Waals surface area contributed by atoms with Crippen LogP contribution in [-0.4, -0.2) is 31.1 Å². The molecule has 1 aromatic rings. The lowest BCUT2D eigenvalue weighted by molar-refractivity contribution is 0.0847. The molecule has 0 aliphatic carbocycles. The van der Waals surface area contributed by atoms with E-state index in [2.05, 4.69) is 46.8 Å². The Balaban J connectivity index is 2.21. The molecule has 4 heteroatoms. The quantitative estimate of drug-likeness (QED) is 0.910. The second-order valence-corrected chi connectivity index (χ2v) is 6.72. The predicted molar refractivity (Wildman–Crippen MR) is 87.1 cm³/mol. The fourth-order valence-electron chi connectivity index (χ4n) is 3.24. The first-order valence-corrected chi connectivity index (χ1v) is 8.15. The first-order valence-electron chi connectivity index (χ1n) is 7.36. The number of benzene rings is 1. The molecule has 1 heterocycles. The molecule has 2 N–H and O–H groups in total.